The molecule has 0 aliphatic carbocycles. The lowest BCUT2D eigenvalue weighted by Gasteiger charge is -2.28. The normalized spacial score (nSPS) is 24.1. The van der Waals surface area contributed by atoms with E-state index < -0.39 is 11.9 Å². The molecule has 0 saturated carbocycles. The van der Waals surface area contributed by atoms with Gasteiger partial charge in [-0.2, -0.15) is 0 Å². The molecule has 3 nitrogen and oxygen atoms in total. The van der Waals surface area contributed by atoms with Crippen LogP contribution in [0.25, 0.3) is 0 Å². The van der Waals surface area contributed by atoms with E-state index in [4.69, 9.17) is 21.4 Å². The number of rotatable bonds is 1. The molecule has 1 aliphatic rings. The molecule has 0 amide bonds. The van der Waals surface area contributed by atoms with E-state index in [-0.39, 0.29) is 6.10 Å². The van der Waals surface area contributed by atoms with Crippen molar-refractivity contribution in [2.24, 2.45) is 0 Å². The Morgan fingerprint density at radius 2 is 2.33 bits per heavy atom. The number of benzene rings is 1. The van der Waals surface area contributed by atoms with Gasteiger partial charge in [0.2, 0.25) is 0 Å². The molecule has 2 atom stereocenters. The maximum atomic E-state index is 11.1. The summed E-state index contributed by atoms with van der Waals surface area (Å²) < 4.78 is 5.55. The second-order valence-electron chi connectivity index (χ2n) is 3.71. The quantitative estimate of drug-likeness (QED) is 0.801. The molecule has 80 valence electrons. The number of carboxylic acids is 1. The molecule has 0 spiro atoms. The molecule has 2 rings (SSSR count). The summed E-state index contributed by atoms with van der Waals surface area (Å²) in [5, 5.41) is 9.57. The minimum Gasteiger partial charge on any atom is -0.489 e. The molecule has 0 radical (unpaired) electrons. The Morgan fingerprint density at radius 3 is 3.00 bits per heavy atom. The van der Waals surface area contributed by atoms with Crippen LogP contribution in [0.4, 0.5) is 0 Å². The van der Waals surface area contributed by atoms with Crippen molar-refractivity contribution < 1.29 is 14.6 Å². The maximum Gasteiger partial charge on any atom is 0.311 e. The van der Waals surface area contributed by atoms with Crippen molar-refractivity contribution in [2.75, 3.05) is 0 Å². The van der Waals surface area contributed by atoms with Crippen molar-refractivity contribution in [1.82, 2.24) is 0 Å². The van der Waals surface area contributed by atoms with Crippen LogP contribution in [0.15, 0.2) is 18.2 Å². The molecule has 0 bridgehead atoms. The number of aliphatic carboxylic acids is 1. The predicted octanol–water partition coefficient (Wildman–Crippen LogP) is 2.68. The molecule has 2 unspecified atom stereocenters. The number of hydrogen-bond donors (Lipinski definition) is 1. The molecule has 1 aromatic carbocycles. The molecule has 0 fully saturated rings. The fourth-order valence-electron chi connectivity index (χ4n) is 1.87. The van der Waals surface area contributed by atoms with Crippen LogP contribution >= 0.6 is 11.6 Å². The average Bonchev–Trinajstić information content (AvgIpc) is 2.18. The minimum absolute atomic E-state index is 0.113. The molecule has 15 heavy (non-hydrogen) atoms. The lowest BCUT2D eigenvalue weighted by atomic mass is 9.90. The number of fused-ring (bicyclic) bond motifs is 1. The summed E-state index contributed by atoms with van der Waals surface area (Å²) in [7, 11) is 0. The fourth-order valence-corrected chi connectivity index (χ4v) is 2.09. The van der Waals surface area contributed by atoms with Gasteiger partial charge in [0.25, 0.3) is 0 Å². The van der Waals surface area contributed by atoms with Crippen LogP contribution in [-0.2, 0) is 4.79 Å². The molecular formula is C11H11ClO3. The van der Waals surface area contributed by atoms with Gasteiger partial charge in [-0.3, -0.25) is 4.79 Å². The molecule has 1 N–H and O–H groups in total. The smallest absolute Gasteiger partial charge is 0.311 e. The summed E-state index contributed by atoms with van der Waals surface area (Å²) in [6, 6.07) is 5.21. The number of para-hydroxylation sites is 1. The van der Waals surface area contributed by atoms with Gasteiger partial charge in [0.1, 0.15) is 5.75 Å². The zero-order valence-corrected chi connectivity index (χ0v) is 8.99. The summed E-state index contributed by atoms with van der Waals surface area (Å²) >= 11 is 5.96. The van der Waals surface area contributed by atoms with Crippen LogP contribution in [0.1, 0.15) is 24.8 Å². The number of carboxylic acid groups (broad SMARTS) is 1. The highest BCUT2D eigenvalue weighted by Crippen LogP contribution is 2.40. The predicted molar refractivity (Wildman–Crippen MR) is 56.5 cm³/mol. The van der Waals surface area contributed by atoms with E-state index in [1.54, 1.807) is 18.2 Å². The largest absolute Gasteiger partial charge is 0.489 e. The van der Waals surface area contributed by atoms with E-state index in [2.05, 4.69) is 0 Å². The van der Waals surface area contributed by atoms with Crippen LogP contribution in [0, 0.1) is 0 Å². The highest BCUT2D eigenvalue weighted by Gasteiger charge is 2.32. The maximum absolute atomic E-state index is 11.1. The molecule has 0 saturated heterocycles. The summed E-state index contributed by atoms with van der Waals surface area (Å²) in [5.41, 5.74) is 0.674. The highest BCUT2D eigenvalue weighted by molar-refractivity contribution is 6.32. The lowest BCUT2D eigenvalue weighted by molar-refractivity contribution is -0.139. The van der Waals surface area contributed by atoms with Gasteiger partial charge in [-0.25, -0.2) is 0 Å². The van der Waals surface area contributed by atoms with Crippen molar-refractivity contribution in [3.05, 3.63) is 28.8 Å². The molecule has 1 aromatic rings. The van der Waals surface area contributed by atoms with Gasteiger partial charge in [0.15, 0.2) is 0 Å². The number of halogens is 1. The first-order chi connectivity index (χ1) is 7.09. The van der Waals surface area contributed by atoms with E-state index in [1.807, 2.05) is 6.92 Å². The van der Waals surface area contributed by atoms with Crippen molar-refractivity contribution >= 4 is 17.6 Å². The van der Waals surface area contributed by atoms with Gasteiger partial charge < -0.3 is 9.84 Å². The van der Waals surface area contributed by atoms with E-state index >= 15 is 0 Å². The van der Waals surface area contributed by atoms with E-state index in [9.17, 15) is 4.79 Å². The van der Waals surface area contributed by atoms with Gasteiger partial charge in [-0.05, 0) is 13.0 Å². The molecular weight excluding hydrogens is 216 g/mol. The average molecular weight is 227 g/mol. The van der Waals surface area contributed by atoms with Gasteiger partial charge in [-0.15, -0.1) is 0 Å². The Morgan fingerprint density at radius 1 is 1.60 bits per heavy atom. The Bertz CT molecular complexity index is 403. The monoisotopic (exact) mass is 226 g/mol. The number of ether oxygens (including phenoxy) is 1. The first-order valence-electron chi connectivity index (χ1n) is 4.77. The summed E-state index contributed by atoms with van der Waals surface area (Å²) in [6.07, 6.45) is 0.376. The summed E-state index contributed by atoms with van der Waals surface area (Å²) in [5.74, 6) is -0.818. The van der Waals surface area contributed by atoms with Crippen LogP contribution in [0.5, 0.6) is 5.75 Å². The van der Waals surface area contributed by atoms with Gasteiger partial charge in [0, 0.05) is 12.0 Å². The van der Waals surface area contributed by atoms with E-state index in [1.165, 1.54) is 0 Å². The van der Waals surface area contributed by atoms with Gasteiger partial charge in [0.05, 0.1) is 17.0 Å². The fraction of sp³-hybridized carbons (Fsp3) is 0.364. The van der Waals surface area contributed by atoms with Crippen LogP contribution < -0.4 is 4.74 Å². The van der Waals surface area contributed by atoms with Crippen molar-refractivity contribution in [3.8, 4) is 5.75 Å². The van der Waals surface area contributed by atoms with Gasteiger partial charge >= 0.3 is 5.97 Å². The van der Waals surface area contributed by atoms with E-state index in [0.717, 1.165) is 0 Å². The van der Waals surface area contributed by atoms with Crippen molar-refractivity contribution in [2.45, 2.75) is 25.4 Å². The van der Waals surface area contributed by atoms with Crippen LogP contribution in [0.3, 0.4) is 0 Å². The Labute approximate surface area is 92.6 Å². The molecule has 4 heteroatoms. The highest BCUT2D eigenvalue weighted by atomic mass is 35.5. The Hall–Kier alpha value is -1.22. The van der Waals surface area contributed by atoms with Crippen molar-refractivity contribution in [3.63, 3.8) is 0 Å². The second-order valence-corrected chi connectivity index (χ2v) is 4.12. The molecule has 1 aliphatic heterocycles. The summed E-state index contributed by atoms with van der Waals surface area (Å²) in [6.45, 7) is 1.85. The lowest BCUT2D eigenvalue weighted by Crippen LogP contribution is -2.27. The third kappa shape index (κ3) is 1.79. The van der Waals surface area contributed by atoms with E-state index in [0.29, 0.717) is 22.8 Å². The standard InChI is InChI=1S/C11H11ClO3/c1-6-5-8(11(13)14)7-3-2-4-9(12)10(7)15-6/h2-4,6,8H,5H2,1H3,(H,13,14). The van der Waals surface area contributed by atoms with Gasteiger partial charge in [-0.1, -0.05) is 23.7 Å². The molecule has 1 heterocycles. The number of hydrogen-bond acceptors (Lipinski definition) is 2. The third-order valence-electron chi connectivity index (χ3n) is 2.56. The minimum atomic E-state index is -0.825. The zero-order valence-electron chi connectivity index (χ0n) is 8.24. The molecule has 0 aromatic heterocycles. The first kappa shape index (κ1) is 10.3. The summed E-state index contributed by atoms with van der Waals surface area (Å²) in [4.78, 5) is 11.1. The first-order valence-corrected chi connectivity index (χ1v) is 5.15. The van der Waals surface area contributed by atoms with Crippen molar-refractivity contribution in [1.29, 1.82) is 0 Å². The Kier molecular flexibility index (Phi) is 2.57. The SMILES string of the molecule is CC1CC(C(=O)O)c2cccc(Cl)c2O1. The Balaban J connectivity index is 2.51. The zero-order chi connectivity index (χ0) is 11.0. The third-order valence-corrected chi connectivity index (χ3v) is 2.86. The van der Waals surface area contributed by atoms with Crippen LogP contribution in [-0.4, -0.2) is 17.2 Å². The second kappa shape index (κ2) is 3.74. The number of carbonyl (C=O) groups is 1. The van der Waals surface area contributed by atoms with Crippen LogP contribution in [0.2, 0.25) is 5.02 Å². The topological polar surface area (TPSA) is 46.5 Å².